The number of pyridine rings is 1. The summed E-state index contributed by atoms with van der Waals surface area (Å²) in [4.78, 5) is 23.2. The van der Waals surface area contributed by atoms with Gasteiger partial charge < -0.3 is 14.2 Å². The van der Waals surface area contributed by atoms with Crippen LogP contribution in [0.2, 0.25) is 0 Å². The van der Waals surface area contributed by atoms with Crippen molar-refractivity contribution in [2.45, 2.75) is 33.2 Å². The smallest absolute Gasteiger partial charge is 0.358 e. The molecule has 0 bridgehead atoms. The molecule has 2 aliphatic rings. The maximum atomic E-state index is 11.7. The van der Waals surface area contributed by atoms with Crippen LogP contribution in [0.25, 0.3) is 0 Å². The molecule has 2 atom stereocenters. The molecule has 0 spiro atoms. The Bertz CT molecular complexity index is 775. The Morgan fingerprint density at radius 1 is 1.28 bits per heavy atom. The summed E-state index contributed by atoms with van der Waals surface area (Å²) in [5, 5.41) is 0. The summed E-state index contributed by atoms with van der Waals surface area (Å²) >= 11 is 0. The number of nitrogens with zero attached hydrogens (tertiary/aromatic N) is 4. The van der Waals surface area contributed by atoms with Gasteiger partial charge in [0.2, 0.25) is 0 Å². The number of aromatic nitrogens is 3. The Morgan fingerprint density at radius 3 is 2.80 bits per heavy atom. The largest absolute Gasteiger partial charge is 0.461 e. The third-order valence-electron chi connectivity index (χ3n) is 5.16. The van der Waals surface area contributed by atoms with Crippen molar-refractivity contribution in [2.24, 2.45) is 11.8 Å². The van der Waals surface area contributed by atoms with Gasteiger partial charge in [0.1, 0.15) is 5.82 Å². The minimum Gasteiger partial charge on any atom is -0.461 e. The lowest BCUT2D eigenvalue weighted by Gasteiger charge is -2.20. The second-order valence-corrected chi connectivity index (χ2v) is 6.94. The normalized spacial score (nSPS) is 21.3. The van der Waals surface area contributed by atoms with Gasteiger partial charge in [-0.3, -0.25) is 0 Å². The van der Waals surface area contributed by atoms with Crippen LogP contribution in [-0.4, -0.2) is 40.2 Å². The second-order valence-electron chi connectivity index (χ2n) is 6.94. The van der Waals surface area contributed by atoms with Crippen molar-refractivity contribution >= 4 is 11.8 Å². The second kappa shape index (κ2) is 6.50. The molecule has 2 aromatic heterocycles. The first kappa shape index (κ1) is 16.1. The van der Waals surface area contributed by atoms with E-state index in [1.165, 1.54) is 12.0 Å². The van der Waals surface area contributed by atoms with Crippen molar-refractivity contribution in [3.8, 4) is 0 Å². The summed E-state index contributed by atoms with van der Waals surface area (Å²) in [7, 11) is 0. The monoisotopic (exact) mass is 340 g/mol. The van der Waals surface area contributed by atoms with Gasteiger partial charge in [-0.1, -0.05) is 13.0 Å². The zero-order valence-electron chi connectivity index (χ0n) is 14.8. The van der Waals surface area contributed by atoms with Crippen LogP contribution in [0.15, 0.2) is 24.7 Å². The van der Waals surface area contributed by atoms with Gasteiger partial charge in [-0.25, -0.2) is 14.8 Å². The van der Waals surface area contributed by atoms with E-state index < -0.39 is 0 Å². The van der Waals surface area contributed by atoms with E-state index in [2.05, 4.69) is 28.9 Å². The summed E-state index contributed by atoms with van der Waals surface area (Å²) < 4.78 is 6.90. The number of aryl methyl sites for hydroxylation is 1. The number of ether oxygens (including phenoxy) is 1. The Balaban J connectivity index is 1.49. The lowest BCUT2D eigenvalue weighted by atomic mass is 10.1. The highest BCUT2D eigenvalue weighted by Gasteiger charge is 2.45. The molecule has 6 nitrogen and oxygen atoms in total. The Morgan fingerprint density at radius 2 is 2.08 bits per heavy atom. The first-order valence-corrected chi connectivity index (χ1v) is 9.10. The fraction of sp³-hybridized carbons (Fsp3) is 0.526. The predicted molar refractivity (Wildman–Crippen MR) is 94.7 cm³/mol. The Labute approximate surface area is 147 Å². The molecule has 4 rings (SSSR count). The van der Waals surface area contributed by atoms with Crippen molar-refractivity contribution in [1.82, 2.24) is 14.5 Å². The zero-order chi connectivity index (χ0) is 17.4. The van der Waals surface area contributed by atoms with E-state index >= 15 is 0 Å². The van der Waals surface area contributed by atoms with Crippen LogP contribution in [0.3, 0.4) is 0 Å². The van der Waals surface area contributed by atoms with Crippen molar-refractivity contribution in [1.29, 1.82) is 0 Å². The van der Waals surface area contributed by atoms with Crippen molar-refractivity contribution < 1.29 is 9.53 Å². The average molecular weight is 340 g/mol. The molecule has 0 aromatic carbocycles. The van der Waals surface area contributed by atoms with Crippen LogP contribution in [0.4, 0.5) is 5.82 Å². The van der Waals surface area contributed by atoms with Crippen LogP contribution in [-0.2, 0) is 17.7 Å². The van der Waals surface area contributed by atoms with E-state index in [0.29, 0.717) is 18.8 Å². The maximum Gasteiger partial charge on any atom is 0.358 e. The van der Waals surface area contributed by atoms with Crippen molar-refractivity contribution in [3.05, 3.63) is 41.6 Å². The molecule has 1 saturated heterocycles. The number of anilines is 1. The third-order valence-corrected chi connectivity index (χ3v) is 5.16. The first-order chi connectivity index (χ1) is 12.2. The van der Waals surface area contributed by atoms with Gasteiger partial charge in [-0.2, -0.15) is 0 Å². The maximum absolute atomic E-state index is 11.7. The standard InChI is InChI=1S/C19H24N4O2/c1-3-16-13(8-22-11-17(20-12-22)19(24)25-4-2)5-6-18(21-16)23-9-14-7-15(14)10-23/h5-6,11-12,14-15H,3-4,7-10H2,1-2H3. The number of carbonyl (C=O) groups is 1. The molecule has 1 saturated carbocycles. The van der Waals surface area contributed by atoms with E-state index in [0.717, 1.165) is 42.9 Å². The van der Waals surface area contributed by atoms with E-state index in [4.69, 9.17) is 9.72 Å². The number of esters is 1. The quantitative estimate of drug-likeness (QED) is 0.756. The summed E-state index contributed by atoms with van der Waals surface area (Å²) in [6, 6.07) is 4.29. The number of carbonyl (C=O) groups excluding carboxylic acids is 1. The predicted octanol–water partition coefficient (Wildman–Crippen LogP) is 2.52. The molecule has 0 amide bonds. The van der Waals surface area contributed by atoms with Crippen LogP contribution >= 0.6 is 0 Å². The molecular weight excluding hydrogens is 316 g/mol. The number of rotatable bonds is 6. The number of fused-ring (bicyclic) bond motifs is 1. The summed E-state index contributed by atoms with van der Waals surface area (Å²) in [6.07, 6.45) is 5.70. The molecule has 2 fully saturated rings. The summed E-state index contributed by atoms with van der Waals surface area (Å²) in [5.74, 6) is 2.53. The molecule has 132 valence electrons. The molecule has 2 aromatic rings. The van der Waals surface area contributed by atoms with Gasteiger partial charge >= 0.3 is 5.97 Å². The van der Waals surface area contributed by atoms with E-state index in [1.807, 2.05) is 4.57 Å². The number of hydrogen-bond donors (Lipinski definition) is 0. The highest BCUT2D eigenvalue weighted by Crippen LogP contribution is 2.45. The molecule has 6 heteroatoms. The number of imidazole rings is 1. The van der Waals surface area contributed by atoms with Crippen LogP contribution < -0.4 is 4.90 Å². The Hall–Kier alpha value is -2.37. The van der Waals surface area contributed by atoms with Crippen molar-refractivity contribution in [2.75, 3.05) is 24.6 Å². The first-order valence-electron chi connectivity index (χ1n) is 9.10. The number of piperidine rings is 1. The molecule has 1 aliphatic carbocycles. The van der Waals surface area contributed by atoms with Crippen LogP contribution in [0.1, 0.15) is 42.0 Å². The fourth-order valence-corrected chi connectivity index (χ4v) is 3.68. The zero-order valence-corrected chi connectivity index (χ0v) is 14.8. The van der Waals surface area contributed by atoms with Gasteiger partial charge in [0.25, 0.3) is 0 Å². The van der Waals surface area contributed by atoms with Gasteiger partial charge in [0, 0.05) is 25.0 Å². The fourth-order valence-electron chi connectivity index (χ4n) is 3.68. The molecule has 1 aliphatic heterocycles. The minimum absolute atomic E-state index is 0.348. The summed E-state index contributed by atoms with van der Waals surface area (Å²) in [5.41, 5.74) is 2.63. The molecule has 2 unspecified atom stereocenters. The average Bonchev–Trinajstić information content (AvgIpc) is 3.02. The molecule has 3 heterocycles. The summed E-state index contributed by atoms with van der Waals surface area (Å²) in [6.45, 7) is 7.26. The Kier molecular flexibility index (Phi) is 4.19. The van der Waals surface area contributed by atoms with Gasteiger partial charge in [-0.15, -0.1) is 0 Å². The van der Waals surface area contributed by atoms with Gasteiger partial charge in [0.05, 0.1) is 19.5 Å². The molecule has 25 heavy (non-hydrogen) atoms. The highest BCUT2D eigenvalue weighted by molar-refractivity contribution is 5.86. The van der Waals surface area contributed by atoms with E-state index in [1.54, 1.807) is 19.4 Å². The minimum atomic E-state index is -0.377. The highest BCUT2D eigenvalue weighted by atomic mass is 16.5. The van der Waals surface area contributed by atoms with Crippen LogP contribution in [0, 0.1) is 11.8 Å². The van der Waals surface area contributed by atoms with E-state index in [9.17, 15) is 4.79 Å². The van der Waals surface area contributed by atoms with E-state index in [-0.39, 0.29) is 5.97 Å². The molecule has 0 radical (unpaired) electrons. The SMILES string of the molecule is CCOC(=O)c1cn(Cc2ccc(N3CC4CC4C3)nc2CC)cn1. The van der Waals surface area contributed by atoms with Gasteiger partial charge in [0.15, 0.2) is 5.69 Å². The number of hydrogen-bond acceptors (Lipinski definition) is 5. The topological polar surface area (TPSA) is 60.2 Å². The molecule has 0 N–H and O–H groups in total. The molecular formula is C19H24N4O2. The lowest BCUT2D eigenvalue weighted by Crippen LogP contribution is -2.23. The third kappa shape index (κ3) is 3.25. The van der Waals surface area contributed by atoms with Gasteiger partial charge in [-0.05, 0) is 43.2 Å². The van der Waals surface area contributed by atoms with Crippen molar-refractivity contribution in [3.63, 3.8) is 0 Å². The van der Waals surface area contributed by atoms with Crippen LogP contribution in [0.5, 0.6) is 0 Å². The lowest BCUT2D eigenvalue weighted by molar-refractivity contribution is 0.0520.